The third-order valence-electron chi connectivity index (χ3n) is 5.82. The highest BCUT2D eigenvalue weighted by atomic mass is 16.5. The Labute approximate surface area is 204 Å². The van der Waals surface area contributed by atoms with Crippen molar-refractivity contribution in [1.29, 1.82) is 0 Å². The van der Waals surface area contributed by atoms with Crippen LogP contribution < -0.4 is 10.6 Å². The number of ether oxygens (including phenoxy) is 1. The van der Waals surface area contributed by atoms with Gasteiger partial charge in [-0.15, -0.1) is 0 Å². The standard InChI is InChI=1S/C30H36N2O2/c1-19(2)16-17-31-25-12-8-23(9-13-25)27-18-21(5)28(29(22(27)6)30(33)34-7)24-10-14-26(15-11-24)32-20(3)4/h8-16,18,20,31-32H,17H2,1-7H3. The monoisotopic (exact) mass is 456 g/mol. The molecule has 0 unspecified atom stereocenters. The van der Waals surface area contributed by atoms with Crippen LogP contribution in [0.2, 0.25) is 0 Å². The molecule has 0 aliphatic rings. The van der Waals surface area contributed by atoms with E-state index in [1.807, 2.05) is 6.92 Å². The number of methoxy groups -OCH3 is 1. The van der Waals surface area contributed by atoms with E-state index < -0.39 is 0 Å². The van der Waals surface area contributed by atoms with Gasteiger partial charge < -0.3 is 15.4 Å². The maximum atomic E-state index is 13.0. The average Bonchev–Trinajstić information content (AvgIpc) is 2.80. The molecular formula is C30H36N2O2. The van der Waals surface area contributed by atoms with Crippen LogP contribution >= 0.6 is 0 Å². The lowest BCUT2D eigenvalue weighted by Crippen LogP contribution is -2.10. The first-order valence-corrected chi connectivity index (χ1v) is 11.8. The maximum absolute atomic E-state index is 13.0. The molecule has 3 aromatic carbocycles. The summed E-state index contributed by atoms with van der Waals surface area (Å²) in [7, 11) is 1.44. The number of nitrogens with one attached hydrogen (secondary N) is 2. The number of rotatable bonds is 8. The summed E-state index contributed by atoms with van der Waals surface area (Å²) in [6, 6.07) is 19.1. The first-order valence-electron chi connectivity index (χ1n) is 11.8. The lowest BCUT2D eigenvalue weighted by molar-refractivity contribution is 0.0601. The average molecular weight is 457 g/mol. The van der Waals surface area contributed by atoms with Crippen LogP contribution in [0.3, 0.4) is 0 Å². The molecule has 0 heterocycles. The van der Waals surface area contributed by atoms with Crippen molar-refractivity contribution >= 4 is 17.3 Å². The van der Waals surface area contributed by atoms with Crippen molar-refractivity contribution < 1.29 is 9.53 Å². The van der Waals surface area contributed by atoms with Crippen LogP contribution in [0.4, 0.5) is 11.4 Å². The fourth-order valence-corrected chi connectivity index (χ4v) is 4.15. The van der Waals surface area contributed by atoms with Gasteiger partial charge in [0, 0.05) is 24.0 Å². The van der Waals surface area contributed by atoms with Gasteiger partial charge in [-0.3, -0.25) is 0 Å². The molecule has 3 rings (SSSR count). The van der Waals surface area contributed by atoms with Crippen LogP contribution in [0.1, 0.15) is 49.2 Å². The molecule has 0 atom stereocenters. The number of carbonyl (C=O) groups is 1. The van der Waals surface area contributed by atoms with Crippen molar-refractivity contribution in [1.82, 2.24) is 0 Å². The zero-order valence-corrected chi connectivity index (χ0v) is 21.4. The molecule has 0 saturated carbocycles. The van der Waals surface area contributed by atoms with Gasteiger partial charge in [0.25, 0.3) is 0 Å². The Hall–Kier alpha value is -3.53. The Bertz CT molecular complexity index is 1170. The highest BCUT2D eigenvalue weighted by Gasteiger charge is 2.22. The van der Waals surface area contributed by atoms with Crippen LogP contribution in [-0.2, 0) is 4.74 Å². The number of aryl methyl sites for hydroxylation is 1. The number of hydrogen-bond acceptors (Lipinski definition) is 4. The SMILES string of the molecule is COC(=O)c1c(C)c(-c2ccc(NCC=C(C)C)cc2)cc(C)c1-c1ccc(NC(C)C)cc1. The van der Waals surface area contributed by atoms with Gasteiger partial charge in [0.1, 0.15) is 0 Å². The van der Waals surface area contributed by atoms with E-state index in [2.05, 4.69) is 106 Å². The first kappa shape index (κ1) is 25.1. The van der Waals surface area contributed by atoms with E-state index in [0.29, 0.717) is 11.6 Å². The van der Waals surface area contributed by atoms with E-state index in [1.54, 1.807) is 0 Å². The van der Waals surface area contributed by atoms with Gasteiger partial charge in [0.2, 0.25) is 0 Å². The molecule has 178 valence electrons. The Morgan fingerprint density at radius 3 is 2.09 bits per heavy atom. The summed E-state index contributed by atoms with van der Waals surface area (Å²) in [5, 5.41) is 6.82. The Balaban J connectivity index is 2.03. The van der Waals surface area contributed by atoms with Gasteiger partial charge in [-0.05, 0) is 99.2 Å². The maximum Gasteiger partial charge on any atom is 0.338 e. The second-order valence-electron chi connectivity index (χ2n) is 9.22. The van der Waals surface area contributed by atoms with E-state index in [9.17, 15) is 4.79 Å². The third kappa shape index (κ3) is 5.88. The predicted octanol–water partition coefficient (Wildman–Crippen LogP) is 7.62. The predicted molar refractivity (Wildman–Crippen MR) is 145 cm³/mol. The second kappa shape index (κ2) is 11.1. The van der Waals surface area contributed by atoms with Crippen molar-refractivity contribution in [3.8, 4) is 22.3 Å². The number of benzene rings is 3. The largest absolute Gasteiger partial charge is 0.465 e. The number of allylic oxidation sites excluding steroid dienone is 1. The second-order valence-corrected chi connectivity index (χ2v) is 9.22. The molecule has 0 aliphatic heterocycles. The van der Waals surface area contributed by atoms with Crippen molar-refractivity contribution in [3.63, 3.8) is 0 Å². The smallest absolute Gasteiger partial charge is 0.338 e. The molecule has 0 spiro atoms. The number of esters is 1. The van der Waals surface area contributed by atoms with Gasteiger partial charge in [-0.2, -0.15) is 0 Å². The van der Waals surface area contributed by atoms with Gasteiger partial charge in [-0.1, -0.05) is 42.0 Å². The molecule has 0 saturated heterocycles. The number of hydrogen-bond donors (Lipinski definition) is 2. The van der Waals surface area contributed by atoms with E-state index in [4.69, 9.17) is 4.74 Å². The fraction of sp³-hybridized carbons (Fsp3) is 0.300. The summed E-state index contributed by atoms with van der Waals surface area (Å²) in [6.45, 7) is 13.3. The number of carbonyl (C=O) groups excluding carboxylic acids is 1. The van der Waals surface area contributed by atoms with Crippen molar-refractivity contribution in [2.45, 2.75) is 47.6 Å². The number of anilines is 2. The van der Waals surface area contributed by atoms with Crippen LogP contribution in [-0.4, -0.2) is 25.7 Å². The Kier molecular flexibility index (Phi) is 8.17. The molecule has 0 aromatic heterocycles. The lowest BCUT2D eigenvalue weighted by Gasteiger charge is -2.19. The topological polar surface area (TPSA) is 50.4 Å². The molecule has 4 heteroatoms. The minimum Gasteiger partial charge on any atom is -0.465 e. The van der Waals surface area contributed by atoms with Gasteiger partial charge in [-0.25, -0.2) is 4.79 Å². The first-order chi connectivity index (χ1) is 16.2. The van der Waals surface area contributed by atoms with E-state index in [-0.39, 0.29) is 5.97 Å². The summed E-state index contributed by atoms with van der Waals surface area (Å²) >= 11 is 0. The molecule has 3 aromatic rings. The molecule has 0 fully saturated rings. The van der Waals surface area contributed by atoms with Crippen LogP contribution in [0.25, 0.3) is 22.3 Å². The van der Waals surface area contributed by atoms with E-state index in [0.717, 1.165) is 51.3 Å². The molecule has 2 N–H and O–H groups in total. The molecule has 0 amide bonds. The van der Waals surface area contributed by atoms with E-state index in [1.165, 1.54) is 12.7 Å². The van der Waals surface area contributed by atoms with Gasteiger partial charge in [0.05, 0.1) is 12.7 Å². The van der Waals surface area contributed by atoms with Gasteiger partial charge >= 0.3 is 5.97 Å². The van der Waals surface area contributed by atoms with Crippen LogP contribution in [0, 0.1) is 13.8 Å². The molecular weight excluding hydrogens is 420 g/mol. The van der Waals surface area contributed by atoms with Crippen molar-refractivity contribution in [3.05, 3.63) is 82.9 Å². The summed E-state index contributed by atoms with van der Waals surface area (Å²) in [5.41, 5.74) is 10.0. The van der Waals surface area contributed by atoms with Crippen LogP contribution in [0.15, 0.2) is 66.2 Å². The fourth-order valence-electron chi connectivity index (χ4n) is 4.15. The van der Waals surface area contributed by atoms with Crippen molar-refractivity contribution in [2.75, 3.05) is 24.3 Å². The molecule has 0 radical (unpaired) electrons. The summed E-state index contributed by atoms with van der Waals surface area (Å²) < 4.78 is 5.22. The Morgan fingerprint density at radius 2 is 1.53 bits per heavy atom. The minimum atomic E-state index is -0.318. The van der Waals surface area contributed by atoms with Gasteiger partial charge in [0.15, 0.2) is 0 Å². The van der Waals surface area contributed by atoms with E-state index >= 15 is 0 Å². The minimum absolute atomic E-state index is 0.318. The molecule has 34 heavy (non-hydrogen) atoms. The normalized spacial score (nSPS) is 10.7. The van der Waals surface area contributed by atoms with Crippen molar-refractivity contribution in [2.24, 2.45) is 0 Å². The summed E-state index contributed by atoms with van der Waals surface area (Å²) in [6.07, 6.45) is 2.16. The highest BCUT2D eigenvalue weighted by Crippen LogP contribution is 2.37. The quantitative estimate of drug-likeness (QED) is 0.270. The highest BCUT2D eigenvalue weighted by molar-refractivity contribution is 6.02. The molecule has 4 nitrogen and oxygen atoms in total. The molecule has 0 aliphatic carbocycles. The zero-order valence-electron chi connectivity index (χ0n) is 21.4. The summed E-state index contributed by atoms with van der Waals surface area (Å²) in [5.74, 6) is -0.318. The summed E-state index contributed by atoms with van der Waals surface area (Å²) in [4.78, 5) is 13.0. The zero-order chi connectivity index (χ0) is 24.8. The lowest BCUT2D eigenvalue weighted by atomic mass is 9.86. The van der Waals surface area contributed by atoms with Crippen LogP contribution in [0.5, 0.6) is 0 Å². The Morgan fingerprint density at radius 1 is 0.941 bits per heavy atom. The molecule has 0 bridgehead atoms. The third-order valence-corrected chi connectivity index (χ3v) is 5.82.